The van der Waals surface area contributed by atoms with Crippen molar-refractivity contribution in [3.63, 3.8) is 0 Å². The van der Waals surface area contributed by atoms with Crippen LogP contribution in [0.3, 0.4) is 0 Å². The van der Waals surface area contributed by atoms with E-state index in [9.17, 15) is 4.79 Å². The van der Waals surface area contributed by atoms with Gasteiger partial charge in [0.1, 0.15) is 0 Å². The van der Waals surface area contributed by atoms with Crippen LogP contribution in [0.5, 0.6) is 0 Å². The second kappa shape index (κ2) is 7.11. The second-order valence-corrected chi connectivity index (χ2v) is 6.60. The van der Waals surface area contributed by atoms with Gasteiger partial charge in [0, 0.05) is 49.8 Å². The fourth-order valence-electron chi connectivity index (χ4n) is 3.61. The van der Waals surface area contributed by atoms with Crippen LogP contribution < -0.4 is 10.3 Å². The van der Waals surface area contributed by atoms with E-state index in [-0.39, 0.29) is 5.43 Å². The Morgan fingerprint density at radius 3 is 2.52 bits per heavy atom. The van der Waals surface area contributed by atoms with Crippen molar-refractivity contribution in [2.24, 2.45) is 0 Å². The van der Waals surface area contributed by atoms with E-state index in [0.717, 1.165) is 44.8 Å². The molecule has 0 spiro atoms. The highest BCUT2D eigenvalue weighted by molar-refractivity contribution is 5.83. The van der Waals surface area contributed by atoms with E-state index in [1.54, 1.807) is 6.07 Å². The molecule has 1 saturated heterocycles. The van der Waals surface area contributed by atoms with Crippen molar-refractivity contribution in [1.29, 1.82) is 0 Å². The molecule has 1 aromatic heterocycles. The number of nitrogens with one attached hydrogen (secondary N) is 1. The molecule has 0 bridgehead atoms. The minimum absolute atomic E-state index is 0.109. The van der Waals surface area contributed by atoms with Crippen LogP contribution in [0, 0.1) is 0 Å². The highest BCUT2D eigenvalue weighted by Gasteiger charge is 2.18. The standard InChI is InChI=1S/C21H23N3O/c25-21-9-3-1-2-8-20(21)24-14-12-23(13-15-24)11-10-17-16-22-19-7-5-4-6-18(17)19/h1-9,16,22H,10-15H2. The first-order valence-electron chi connectivity index (χ1n) is 8.93. The molecular formula is C21H23N3O. The van der Waals surface area contributed by atoms with E-state index >= 15 is 0 Å². The molecule has 4 heteroatoms. The molecule has 128 valence electrons. The number of hydrogen-bond donors (Lipinski definition) is 1. The van der Waals surface area contributed by atoms with Crippen LogP contribution in [0.2, 0.25) is 0 Å². The van der Waals surface area contributed by atoms with E-state index in [2.05, 4.69) is 45.2 Å². The lowest BCUT2D eigenvalue weighted by Crippen LogP contribution is -2.48. The first kappa shape index (κ1) is 15.9. The van der Waals surface area contributed by atoms with Gasteiger partial charge in [0.05, 0.1) is 5.69 Å². The quantitative estimate of drug-likeness (QED) is 0.798. The Hall–Kier alpha value is -2.59. The van der Waals surface area contributed by atoms with Gasteiger partial charge in [-0.15, -0.1) is 0 Å². The van der Waals surface area contributed by atoms with Crippen molar-refractivity contribution < 1.29 is 0 Å². The van der Waals surface area contributed by atoms with E-state index in [1.165, 1.54) is 16.5 Å². The average Bonchev–Trinajstić information content (AvgIpc) is 2.94. The zero-order chi connectivity index (χ0) is 17.1. The number of rotatable bonds is 4. The van der Waals surface area contributed by atoms with Gasteiger partial charge >= 0.3 is 0 Å². The topological polar surface area (TPSA) is 39.3 Å². The molecule has 4 nitrogen and oxygen atoms in total. The van der Waals surface area contributed by atoms with Gasteiger partial charge in [-0.1, -0.05) is 36.4 Å². The number of H-pyrrole nitrogens is 1. The number of hydrogen-bond acceptors (Lipinski definition) is 3. The number of aromatic amines is 1. The van der Waals surface area contributed by atoms with Crippen molar-refractivity contribution in [2.75, 3.05) is 37.6 Å². The minimum atomic E-state index is 0.109. The molecule has 4 rings (SSSR count). The first-order chi connectivity index (χ1) is 12.3. The maximum absolute atomic E-state index is 12.1. The Labute approximate surface area is 147 Å². The second-order valence-electron chi connectivity index (χ2n) is 6.60. The van der Waals surface area contributed by atoms with Crippen molar-refractivity contribution in [3.05, 3.63) is 76.6 Å². The van der Waals surface area contributed by atoms with Crippen molar-refractivity contribution in [1.82, 2.24) is 9.88 Å². The lowest BCUT2D eigenvalue weighted by atomic mass is 10.1. The smallest absolute Gasteiger partial charge is 0.201 e. The predicted molar refractivity (Wildman–Crippen MR) is 103 cm³/mol. The number of para-hydroxylation sites is 1. The monoisotopic (exact) mass is 333 g/mol. The summed E-state index contributed by atoms with van der Waals surface area (Å²) >= 11 is 0. The van der Waals surface area contributed by atoms with Gasteiger partial charge in [-0.25, -0.2) is 0 Å². The van der Waals surface area contributed by atoms with E-state index in [0.29, 0.717) is 0 Å². The van der Waals surface area contributed by atoms with Crippen LogP contribution in [0.25, 0.3) is 10.9 Å². The summed E-state index contributed by atoms with van der Waals surface area (Å²) in [5, 5.41) is 1.33. The van der Waals surface area contributed by atoms with Gasteiger partial charge in [-0.2, -0.15) is 0 Å². The Morgan fingerprint density at radius 2 is 1.64 bits per heavy atom. The summed E-state index contributed by atoms with van der Waals surface area (Å²) in [6.45, 7) is 4.88. The van der Waals surface area contributed by atoms with Crippen LogP contribution >= 0.6 is 0 Å². The zero-order valence-electron chi connectivity index (χ0n) is 14.3. The fourth-order valence-corrected chi connectivity index (χ4v) is 3.61. The molecule has 2 heterocycles. The molecule has 25 heavy (non-hydrogen) atoms. The van der Waals surface area contributed by atoms with Gasteiger partial charge in [-0.3, -0.25) is 9.69 Å². The van der Waals surface area contributed by atoms with Crippen LogP contribution in [-0.2, 0) is 6.42 Å². The van der Waals surface area contributed by atoms with E-state index in [1.807, 2.05) is 24.3 Å². The van der Waals surface area contributed by atoms with Crippen molar-refractivity contribution in [3.8, 4) is 0 Å². The van der Waals surface area contributed by atoms with Crippen molar-refractivity contribution >= 4 is 16.6 Å². The lowest BCUT2D eigenvalue weighted by Gasteiger charge is -2.35. The molecule has 1 fully saturated rings. The van der Waals surface area contributed by atoms with Crippen LogP contribution in [0.1, 0.15) is 5.56 Å². The van der Waals surface area contributed by atoms with Crippen LogP contribution in [0.4, 0.5) is 5.69 Å². The third-order valence-electron chi connectivity index (χ3n) is 5.06. The average molecular weight is 333 g/mol. The normalized spacial score (nSPS) is 15.6. The summed E-state index contributed by atoms with van der Waals surface area (Å²) < 4.78 is 0. The third kappa shape index (κ3) is 3.44. The molecule has 0 amide bonds. The maximum atomic E-state index is 12.1. The van der Waals surface area contributed by atoms with E-state index < -0.39 is 0 Å². The molecule has 3 aromatic rings. The third-order valence-corrected chi connectivity index (χ3v) is 5.06. The van der Waals surface area contributed by atoms with Crippen LogP contribution in [0.15, 0.2) is 65.6 Å². The molecule has 1 aliphatic heterocycles. The summed E-state index contributed by atoms with van der Waals surface area (Å²) in [6, 6.07) is 17.7. The summed E-state index contributed by atoms with van der Waals surface area (Å²) in [7, 11) is 0. The summed E-state index contributed by atoms with van der Waals surface area (Å²) in [6.07, 6.45) is 3.19. The molecule has 2 aromatic carbocycles. The van der Waals surface area contributed by atoms with Gasteiger partial charge in [-0.05, 0) is 30.2 Å². The SMILES string of the molecule is O=c1cccccc1N1CCN(CCc2c[nH]c3ccccc23)CC1. The zero-order valence-corrected chi connectivity index (χ0v) is 14.3. The van der Waals surface area contributed by atoms with Gasteiger partial charge < -0.3 is 9.88 Å². The minimum Gasteiger partial charge on any atom is -0.366 e. The molecule has 0 radical (unpaired) electrons. The highest BCUT2D eigenvalue weighted by atomic mass is 16.1. The number of piperazine rings is 1. The molecule has 0 unspecified atom stereocenters. The Bertz CT molecular complexity index is 910. The number of aromatic nitrogens is 1. The molecule has 1 aliphatic rings. The van der Waals surface area contributed by atoms with Gasteiger partial charge in [0.15, 0.2) is 0 Å². The van der Waals surface area contributed by atoms with Crippen LogP contribution in [-0.4, -0.2) is 42.6 Å². The number of benzene rings is 1. The largest absolute Gasteiger partial charge is 0.366 e. The van der Waals surface area contributed by atoms with E-state index in [4.69, 9.17) is 0 Å². The molecule has 0 atom stereocenters. The molecule has 1 N–H and O–H groups in total. The maximum Gasteiger partial charge on any atom is 0.201 e. The highest BCUT2D eigenvalue weighted by Crippen LogP contribution is 2.19. The summed E-state index contributed by atoms with van der Waals surface area (Å²) in [4.78, 5) is 20.2. The summed E-state index contributed by atoms with van der Waals surface area (Å²) in [5.41, 5.74) is 3.52. The van der Waals surface area contributed by atoms with Gasteiger partial charge in [0.25, 0.3) is 0 Å². The Balaban J connectivity index is 1.36. The summed E-state index contributed by atoms with van der Waals surface area (Å²) in [5.74, 6) is 0. The molecular weight excluding hydrogens is 310 g/mol. The first-order valence-corrected chi connectivity index (χ1v) is 8.93. The van der Waals surface area contributed by atoms with Crippen molar-refractivity contribution in [2.45, 2.75) is 6.42 Å². The lowest BCUT2D eigenvalue weighted by molar-refractivity contribution is 0.261. The number of fused-ring (bicyclic) bond motifs is 1. The van der Waals surface area contributed by atoms with Gasteiger partial charge in [0.2, 0.25) is 5.43 Å². The molecule has 0 aliphatic carbocycles. The fraction of sp³-hybridized carbons (Fsp3) is 0.286. The Morgan fingerprint density at radius 1 is 0.880 bits per heavy atom. The molecule has 0 saturated carbocycles. The number of anilines is 1. The predicted octanol–water partition coefficient (Wildman–Crippen LogP) is 2.89. The number of nitrogens with zero attached hydrogens (tertiary/aromatic N) is 2. The Kier molecular flexibility index (Phi) is 4.53.